The number of aryl methyl sites for hydroxylation is 1. The minimum Gasteiger partial charge on any atom is -0.352 e. The summed E-state index contributed by atoms with van der Waals surface area (Å²) in [5.74, 6) is 0.0858. The highest BCUT2D eigenvalue weighted by molar-refractivity contribution is 7.11. The van der Waals surface area contributed by atoms with Crippen LogP contribution in [0.5, 0.6) is 0 Å². The topological polar surface area (TPSA) is 54.0 Å². The Kier molecular flexibility index (Phi) is 3.56. The van der Waals surface area contributed by atoms with Crippen LogP contribution in [-0.2, 0) is 4.79 Å². The van der Waals surface area contributed by atoms with Crippen LogP contribution in [0.15, 0.2) is 6.20 Å². The van der Waals surface area contributed by atoms with Crippen molar-refractivity contribution >= 4 is 17.2 Å². The molecule has 88 valence electrons. The predicted octanol–water partition coefficient (Wildman–Crippen LogP) is 1.38. The molecule has 1 aromatic rings. The first-order valence-corrected chi connectivity index (χ1v) is 6.42. The fraction of sp³-hybridized carbons (Fsp3) is 0.636. The zero-order chi connectivity index (χ0) is 11.5. The number of hydrogen-bond donors (Lipinski definition) is 2. The Bertz CT molecular complexity index is 373. The van der Waals surface area contributed by atoms with E-state index in [1.165, 1.54) is 4.88 Å². The number of nitrogens with one attached hydrogen (secondary N) is 2. The average molecular weight is 239 g/mol. The molecule has 1 heterocycles. The third-order valence-corrected chi connectivity index (χ3v) is 3.62. The molecule has 1 aromatic heterocycles. The molecule has 0 aromatic carbocycles. The zero-order valence-corrected chi connectivity index (χ0v) is 10.4. The first kappa shape index (κ1) is 11.5. The molecular formula is C11H17N3OS. The van der Waals surface area contributed by atoms with Gasteiger partial charge in [0.15, 0.2) is 0 Å². The standard InChI is InChI=1S/C11H17N3OS/c1-7-5-13-11(16-7)8(2)12-6-10(15)14-9-3-4-9/h5,8-9,12H,3-4,6H2,1-2H3,(H,14,15). The molecule has 2 N–H and O–H groups in total. The van der Waals surface area contributed by atoms with Gasteiger partial charge >= 0.3 is 0 Å². The highest BCUT2D eigenvalue weighted by Crippen LogP contribution is 2.19. The van der Waals surface area contributed by atoms with Crippen LogP contribution in [0.2, 0.25) is 0 Å². The van der Waals surface area contributed by atoms with E-state index in [4.69, 9.17) is 0 Å². The Labute approximate surface area is 99.5 Å². The molecule has 0 bridgehead atoms. The van der Waals surface area contributed by atoms with Crippen molar-refractivity contribution in [2.45, 2.75) is 38.8 Å². The molecule has 5 heteroatoms. The lowest BCUT2D eigenvalue weighted by Crippen LogP contribution is -2.36. The van der Waals surface area contributed by atoms with E-state index in [0.29, 0.717) is 12.6 Å². The van der Waals surface area contributed by atoms with Crippen molar-refractivity contribution < 1.29 is 4.79 Å². The molecule has 0 radical (unpaired) electrons. The maximum Gasteiger partial charge on any atom is 0.234 e. The SMILES string of the molecule is Cc1cnc(C(C)NCC(=O)NC2CC2)s1. The van der Waals surface area contributed by atoms with Gasteiger partial charge in [0.05, 0.1) is 12.6 Å². The number of nitrogens with zero attached hydrogens (tertiary/aromatic N) is 1. The smallest absolute Gasteiger partial charge is 0.234 e. The molecule has 1 saturated carbocycles. The van der Waals surface area contributed by atoms with Gasteiger partial charge in [-0.05, 0) is 26.7 Å². The third-order valence-electron chi connectivity index (χ3n) is 2.52. The second-order valence-corrected chi connectivity index (χ2v) is 5.52. The quantitative estimate of drug-likeness (QED) is 0.816. The summed E-state index contributed by atoms with van der Waals surface area (Å²) in [5, 5.41) is 7.17. The summed E-state index contributed by atoms with van der Waals surface area (Å²) in [4.78, 5) is 16.9. The van der Waals surface area contributed by atoms with Gasteiger partial charge in [0.25, 0.3) is 0 Å². The molecule has 0 spiro atoms. The summed E-state index contributed by atoms with van der Waals surface area (Å²) in [6.07, 6.45) is 4.13. The van der Waals surface area contributed by atoms with E-state index in [0.717, 1.165) is 17.8 Å². The van der Waals surface area contributed by atoms with Gasteiger partial charge in [-0.1, -0.05) is 0 Å². The third kappa shape index (κ3) is 3.28. The molecule has 1 fully saturated rings. The van der Waals surface area contributed by atoms with Crippen molar-refractivity contribution in [3.8, 4) is 0 Å². The van der Waals surface area contributed by atoms with Gasteiger partial charge < -0.3 is 5.32 Å². The van der Waals surface area contributed by atoms with Gasteiger partial charge in [-0.2, -0.15) is 0 Å². The minimum absolute atomic E-state index is 0.0858. The van der Waals surface area contributed by atoms with Crippen molar-refractivity contribution in [2.75, 3.05) is 6.54 Å². The molecule has 1 aliphatic rings. The molecule has 1 atom stereocenters. The van der Waals surface area contributed by atoms with Crippen LogP contribution >= 0.6 is 11.3 Å². The van der Waals surface area contributed by atoms with Gasteiger partial charge in [0.1, 0.15) is 5.01 Å². The average Bonchev–Trinajstić information content (AvgIpc) is 2.95. The highest BCUT2D eigenvalue weighted by atomic mass is 32.1. The zero-order valence-electron chi connectivity index (χ0n) is 9.62. The lowest BCUT2D eigenvalue weighted by molar-refractivity contribution is -0.120. The van der Waals surface area contributed by atoms with Crippen LogP contribution in [0.4, 0.5) is 0 Å². The molecular weight excluding hydrogens is 222 g/mol. The number of aromatic nitrogens is 1. The number of amides is 1. The largest absolute Gasteiger partial charge is 0.352 e. The van der Waals surface area contributed by atoms with E-state index in [1.807, 2.05) is 20.0 Å². The summed E-state index contributed by atoms with van der Waals surface area (Å²) >= 11 is 1.67. The number of thiazole rings is 1. The molecule has 1 unspecified atom stereocenters. The summed E-state index contributed by atoms with van der Waals surface area (Å²) in [6, 6.07) is 0.579. The number of hydrogen-bond acceptors (Lipinski definition) is 4. The normalized spacial score (nSPS) is 17.1. The Morgan fingerprint density at radius 1 is 1.69 bits per heavy atom. The highest BCUT2D eigenvalue weighted by Gasteiger charge is 2.23. The van der Waals surface area contributed by atoms with Crippen molar-refractivity contribution in [1.29, 1.82) is 0 Å². The Morgan fingerprint density at radius 2 is 2.44 bits per heavy atom. The molecule has 1 amide bonds. The van der Waals surface area contributed by atoms with Gasteiger partial charge in [-0.25, -0.2) is 4.98 Å². The molecule has 4 nitrogen and oxygen atoms in total. The second-order valence-electron chi connectivity index (χ2n) is 4.25. The maximum atomic E-state index is 11.4. The lowest BCUT2D eigenvalue weighted by atomic mass is 10.3. The number of carbonyl (C=O) groups excluding carboxylic acids is 1. The Morgan fingerprint density at radius 3 is 3.00 bits per heavy atom. The van der Waals surface area contributed by atoms with E-state index in [1.54, 1.807) is 11.3 Å². The van der Waals surface area contributed by atoms with Crippen LogP contribution in [0, 0.1) is 6.92 Å². The summed E-state index contributed by atoms with van der Waals surface area (Å²) in [5.41, 5.74) is 0. The van der Waals surface area contributed by atoms with Crippen LogP contribution < -0.4 is 10.6 Å². The fourth-order valence-electron chi connectivity index (χ4n) is 1.41. The van der Waals surface area contributed by atoms with E-state index in [-0.39, 0.29) is 11.9 Å². The van der Waals surface area contributed by atoms with Crippen LogP contribution in [0.25, 0.3) is 0 Å². The van der Waals surface area contributed by atoms with E-state index in [2.05, 4.69) is 15.6 Å². The van der Waals surface area contributed by atoms with E-state index in [9.17, 15) is 4.79 Å². The first-order valence-electron chi connectivity index (χ1n) is 5.60. The number of rotatable bonds is 5. The summed E-state index contributed by atoms with van der Waals surface area (Å²) in [7, 11) is 0. The van der Waals surface area contributed by atoms with Crippen molar-refractivity contribution in [1.82, 2.24) is 15.6 Å². The Hall–Kier alpha value is -0.940. The number of carbonyl (C=O) groups is 1. The second kappa shape index (κ2) is 4.93. The summed E-state index contributed by atoms with van der Waals surface area (Å²) in [6.45, 7) is 4.44. The molecule has 1 aliphatic carbocycles. The predicted molar refractivity (Wildman–Crippen MR) is 64.4 cm³/mol. The molecule has 2 rings (SSSR count). The van der Waals surface area contributed by atoms with Gasteiger partial charge in [-0.15, -0.1) is 11.3 Å². The van der Waals surface area contributed by atoms with Crippen molar-refractivity contribution in [3.05, 3.63) is 16.1 Å². The van der Waals surface area contributed by atoms with Gasteiger partial charge in [0, 0.05) is 17.1 Å². The van der Waals surface area contributed by atoms with E-state index < -0.39 is 0 Å². The van der Waals surface area contributed by atoms with Crippen LogP contribution in [0.1, 0.15) is 35.7 Å². The van der Waals surface area contributed by atoms with Gasteiger partial charge in [-0.3, -0.25) is 10.1 Å². The lowest BCUT2D eigenvalue weighted by Gasteiger charge is -2.10. The van der Waals surface area contributed by atoms with E-state index >= 15 is 0 Å². The molecule has 0 saturated heterocycles. The summed E-state index contributed by atoms with van der Waals surface area (Å²) < 4.78 is 0. The first-order chi connectivity index (χ1) is 7.65. The van der Waals surface area contributed by atoms with Crippen molar-refractivity contribution in [3.63, 3.8) is 0 Å². The molecule has 0 aliphatic heterocycles. The van der Waals surface area contributed by atoms with Crippen molar-refractivity contribution in [2.24, 2.45) is 0 Å². The molecule has 16 heavy (non-hydrogen) atoms. The van der Waals surface area contributed by atoms with Crippen LogP contribution in [0.3, 0.4) is 0 Å². The monoisotopic (exact) mass is 239 g/mol. The van der Waals surface area contributed by atoms with Gasteiger partial charge in [0.2, 0.25) is 5.91 Å². The van der Waals surface area contributed by atoms with Crippen LogP contribution in [-0.4, -0.2) is 23.5 Å². The Balaban J connectivity index is 1.74. The maximum absolute atomic E-state index is 11.4. The minimum atomic E-state index is 0.0858. The fourth-order valence-corrected chi connectivity index (χ4v) is 2.21.